The topological polar surface area (TPSA) is 55.1 Å². The van der Waals surface area contributed by atoms with Gasteiger partial charge >= 0.3 is 18.1 Å². The van der Waals surface area contributed by atoms with Crippen molar-refractivity contribution in [2.45, 2.75) is 13.1 Å². The van der Waals surface area contributed by atoms with Crippen LogP contribution in [0.3, 0.4) is 0 Å². The minimum atomic E-state index is -4.93. The number of halogens is 3. The first-order valence-electron chi connectivity index (χ1n) is 3.20. The van der Waals surface area contributed by atoms with Crippen LogP contribution in [0, 0.1) is 6.92 Å². The first-order valence-corrected chi connectivity index (χ1v) is 3.20. The zero-order chi connectivity index (χ0) is 10.1. The Bertz CT molecular complexity index is 318. The smallest absolute Gasteiger partial charge is 0.432 e. The predicted molar refractivity (Wildman–Crippen MR) is 35.9 cm³/mol. The number of nitrogens with zero attached hydrogens (tertiary/aromatic N) is 1. The van der Waals surface area contributed by atoms with Crippen molar-refractivity contribution in [2.75, 3.05) is 5.32 Å². The summed E-state index contributed by atoms with van der Waals surface area (Å²) in [7, 11) is 0. The number of amides is 1. The summed E-state index contributed by atoms with van der Waals surface area (Å²) in [6.07, 6.45) is -3.80. The SMILES string of the molecule is Cc1coc(NC(=O)C(F)(F)F)n1. The molecule has 1 heterocycles. The Morgan fingerprint density at radius 3 is 2.62 bits per heavy atom. The van der Waals surface area contributed by atoms with E-state index < -0.39 is 18.1 Å². The van der Waals surface area contributed by atoms with E-state index in [-0.39, 0.29) is 0 Å². The molecule has 13 heavy (non-hydrogen) atoms. The minimum absolute atomic E-state index is 0.387. The van der Waals surface area contributed by atoms with Gasteiger partial charge in [0.25, 0.3) is 0 Å². The Hall–Kier alpha value is -1.53. The van der Waals surface area contributed by atoms with Crippen LogP contribution in [0.2, 0.25) is 0 Å². The maximum atomic E-state index is 11.7. The van der Waals surface area contributed by atoms with E-state index in [0.717, 1.165) is 6.26 Å². The number of hydrogen-bond donors (Lipinski definition) is 1. The molecule has 0 radical (unpaired) electrons. The molecular formula is C6H5F3N2O2. The van der Waals surface area contributed by atoms with Gasteiger partial charge in [-0.05, 0) is 6.92 Å². The summed E-state index contributed by atoms with van der Waals surface area (Å²) >= 11 is 0. The van der Waals surface area contributed by atoms with Gasteiger partial charge in [0.15, 0.2) is 0 Å². The lowest BCUT2D eigenvalue weighted by Gasteiger charge is -2.03. The van der Waals surface area contributed by atoms with Gasteiger partial charge in [-0.25, -0.2) is 0 Å². The normalized spacial score (nSPS) is 11.4. The molecule has 7 heteroatoms. The first-order chi connectivity index (χ1) is 5.89. The van der Waals surface area contributed by atoms with Gasteiger partial charge in [0.1, 0.15) is 6.26 Å². The van der Waals surface area contributed by atoms with Gasteiger partial charge in [0.2, 0.25) is 0 Å². The standard InChI is InChI=1S/C6H5F3N2O2/c1-3-2-13-5(10-3)11-4(12)6(7,8)9/h2H,1H3,(H,10,11,12). The number of oxazole rings is 1. The van der Waals surface area contributed by atoms with Crippen molar-refractivity contribution in [3.05, 3.63) is 12.0 Å². The second kappa shape index (κ2) is 3.08. The number of carbonyl (C=O) groups is 1. The third-order valence-electron chi connectivity index (χ3n) is 1.10. The molecule has 0 bridgehead atoms. The van der Waals surface area contributed by atoms with Crippen molar-refractivity contribution in [1.82, 2.24) is 4.98 Å². The van der Waals surface area contributed by atoms with Crippen molar-refractivity contribution in [2.24, 2.45) is 0 Å². The molecule has 1 N–H and O–H groups in total. The molecule has 0 aliphatic heterocycles. The third kappa shape index (κ3) is 2.46. The zero-order valence-corrected chi connectivity index (χ0v) is 6.47. The average molecular weight is 194 g/mol. The zero-order valence-electron chi connectivity index (χ0n) is 6.47. The molecule has 0 saturated carbocycles. The molecule has 1 aromatic rings. The van der Waals surface area contributed by atoms with Crippen molar-refractivity contribution < 1.29 is 22.4 Å². The van der Waals surface area contributed by atoms with Crippen molar-refractivity contribution in [3.63, 3.8) is 0 Å². The lowest BCUT2D eigenvalue weighted by atomic mass is 10.6. The van der Waals surface area contributed by atoms with Crippen LogP contribution >= 0.6 is 0 Å². The molecule has 72 valence electrons. The number of nitrogens with one attached hydrogen (secondary N) is 1. The second-order valence-corrected chi connectivity index (χ2v) is 2.25. The maximum Gasteiger partial charge on any atom is 0.471 e. The fourth-order valence-electron chi connectivity index (χ4n) is 0.579. The van der Waals surface area contributed by atoms with Gasteiger partial charge in [0.05, 0.1) is 5.69 Å². The second-order valence-electron chi connectivity index (χ2n) is 2.25. The number of carbonyl (C=O) groups excluding carboxylic acids is 1. The number of rotatable bonds is 1. The van der Waals surface area contributed by atoms with E-state index >= 15 is 0 Å². The summed E-state index contributed by atoms with van der Waals surface area (Å²) in [5, 5.41) is 1.46. The molecule has 0 aliphatic rings. The van der Waals surface area contributed by atoms with Gasteiger partial charge in [-0.1, -0.05) is 0 Å². The van der Waals surface area contributed by atoms with Crippen LogP contribution in [0.4, 0.5) is 19.2 Å². The Morgan fingerprint density at radius 2 is 2.23 bits per heavy atom. The van der Waals surface area contributed by atoms with Crippen LogP contribution in [0.15, 0.2) is 10.7 Å². The number of aromatic nitrogens is 1. The Balaban J connectivity index is 2.65. The molecule has 0 atom stereocenters. The predicted octanol–water partition coefficient (Wildman–Crippen LogP) is 1.48. The van der Waals surface area contributed by atoms with E-state index in [1.54, 1.807) is 0 Å². The van der Waals surface area contributed by atoms with Gasteiger partial charge in [0, 0.05) is 0 Å². The summed E-state index contributed by atoms with van der Waals surface area (Å²) in [5.74, 6) is -2.10. The highest BCUT2D eigenvalue weighted by atomic mass is 19.4. The van der Waals surface area contributed by atoms with Crippen molar-refractivity contribution >= 4 is 11.9 Å². The van der Waals surface area contributed by atoms with E-state index in [1.807, 2.05) is 0 Å². The maximum absolute atomic E-state index is 11.7. The van der Waals surface area contributed by atoms with Gasteiger partial charge in [-0.3, -0.25) is 10.1 Å². The van der Waals surface area contributed by atoms with Crippen molar-refractivity contribution in [3.8, 4) is 0 Å². The van der Waals surface area contributed by atoms with E-state index in [2.05, 4.69) is 9.40 Å². The van der Waals surface area contributed by atoms with Crippen LogP contribution < -0.4 is 5.32 Å². The summed E-state index contributed by atoms with van der Waals surface area (Å²) in [4.78, 5) is 13.8. The van der Waals surface area contributed by atoms with Gasteiger partial charge in [-0.2, -0.15) is 18.2 Å². The summed E-state index contributed by atoms with van der Waals surface area (Å²) in [5.41, 5.74) is 0.387. The number of aryl methyl sites for hydroxylation is 1. The third-order valence-corrected chi connectivity index (χ3v) is 1.10. The molecule has 1 rings (SSSR count). The number of anilines is 1. The fourth-order valence-corrected chi connectivity index (χ4v) is 0.579. The molecule has 0 unspecified atom stereocenters. The Labute approximate surface area is 70.7 Å². The van der Waals surface area contributed by atoms with E-state index in [4.69, 9.17) is 0 Å². The molecule has 1 amide bonds. The minimum Gasteiger partial charge on any atom is -0.432 e. The summed E-state index contributed by atoms with van der Waals surface area (Å²) in [6.45, 7) is 1.52. The monoisotopic (exact) mass is 194 g/mol. The van der Waals surface area contributed by atoms with Crippen LogP contribution in [-0.4, -0.2) is 17.1 Å². The highest BCUT2D eigenvalue weighted by molar-refractivity contribution is 5.93. The van der Waals surface area contributed by atoms with E-state index in [9.17, 15) is 18.0 Å². The van der Waals surface area contributed by atoms with Crippen LogP contribution in [-0.2, 0) is 4.79 Å². The molecular weight excluding hydrogens is 189 g/mol. The highest BCUT2D eigenvalue weighted by Gasteiger charge is 2.39. The molecule has 0 aromatic carbocycles. The molecule has 0 saturated heterocycles. The van der Waals surface area contributed by atoms with Gasteiger partial charge < -0.3 is 4.42 Å². The molecule has 1 aromatic heterocycles. The molecule has 0 spiro atoms. The summed E-state index contributed by atoms with van der Waals surface area (Å²) in [6, 6.07) is -0.458. The Morgan fingerprint density at radius 1 is 1.62 bits per heavy atom. The molecule has 0 aliphatic carbocycles. The largest absolute Gasteiger partial charge is 0.471 e. The quantitative estimate of drug-likeness (QED) is 0.736. The van der Waals surface area contributed by atoms with Crippen LogP contribution in [0.5, 0.6) is 0 Å². The van der Waals surface area contributed by atoms with Crippen molar-refractivity contribution in [1.29, 1.82) is 0 Å². The van der Waals surface area contributed by atoms with E-state index in [0.29, 0.717) is 5.69 Å². The van der Waals surface area contributed by atoms with E-state index in [1.165, 1.54) is 12.2 Å². The highest BCUT2D eigenvalue weighted by Crippen LogP contribution is 2.17. The van der Waals surface area contributed by atoms with Crippen LogP contribution in [0.1, 0.15) is 5.69 Å². The van der Waals surface area contributed by atoms with Crippen LogP contribution in [0.25, 0.3) is 0 Å². The first kappa shape index (κ1) is 9.56. The number of alkyl halides is 3. The summed E-state index contributed by atoms with van der Waals surface area (Å²) < 4.78 is 39.5. The average Bonchev–Trinajstić information content (AvgIpc) is 2.33. The number of hydrogen-bond acceptors (Lipinski definition) is 3. The lowest BCUT2D eigenvalue weighted by molar-refractivity contribution is -0.167. The molecule has 4 nitrogen and oxygen atoms in total. The van der Waals surface area contributed by atoms with Gasteiger partial charge in [-0.15, -0.1) is 0 Å². The Kier molecular flexibility index (Phi) is 2.26. The molecule has 0 fully saturated rings. The fraction of sp³-hybridized carbons (Fsp3) is 0.333. The lowest BCUT2D eigenvalue weighted by Crippen LogP contribution is -2.30.